The number of carbonyl (C=O) groups is 2. The fourth-order valence-corrected chi connectivity index (χ4v) is 2.19. The Morgan fingerprint density at radius 3 is 2.74 bits per heavy atom. The molecule has 1 heterocycles. The molecule has 1 atom stereocenters. The zero-order valence-corrected chi connectivity index (χ0v) is 14.1. The summed E-state index contributed by atoms with van der Waals surface area (Å²) >= 11 is 0. The first-order valence-corrected chi connectivity index (χ1v) is 7.92. The summed E-state index contributed by atoms with van der Waals surface area (Å²) in [4.78, 5) is 28.0. The maximum Gasteiger partial charge on any atom is 0.331 e. The minimum atomic E-state index is -1.20. The minimum absolute atomic E-state index is 0.207. The molecule has 1 aromatic heterocycles. The van der Waals surface area contributed by atoms with E-state index in [2.05, 4.69) is 10.3 Å². The van der Waals surface area contributed by atoms with Gasteiger partial charge in [-0.2, -0.15) is 0 Å². The van der Waals surface area contributed by atoms with Gasteiger partial charge in [0.15, 0.2) is 11.7 Å². The summed E-state index contributed by atoms with van der Waals surface area (Å²) < 4.78 is 36.8. The Hall–Kier alpha value is -3.55. The number of benzene rings is 2. The molecule has 0 spiro atoms. The smallest absolute Gasteiger partial charge is 0.331 e. The van der Waals surface area contributed by atoms with Gasteiger partial charge < -0.3 is 14.5 Å². The number of ether oxygens (including phenoxy) is 1. The maximum absolute atomic E-state index is 13.5. The number of oxazole rings is 1. The first-order valence-electron chi connectivity index (χ1n) is 7.92. The van der Waals surface area contributed by atoms with Crippen LogP contribution in [0.4, 0.5) is 14.5 Å². The van der Waals surface area contributed by atoms with Crippen molar-refractivity contribution in [2.45, 2.75) is 13.0 Å². The lowest BCUT2D eigenvalue weighted by molar-refractivity contribution is -0.148. The summed E-state index contributed by atoms with van der Waals surface area (Å²) in [6.07, 6.45) is 1.18. The average Bonchev–Trinajstić information content (AvgIpc) is 3.05. The van der Waals surface area contributed by atoms with E-state index in [1.165, 1.54) is 13.0 Å². The molecule has 0 saturated heterocycles. The van der Waals surface area contributed by atoms with Crippen LogP contribution in [0.25, 0.3) is 17.2 Å². The normalized spacial score (nSPS) is 12.3. The van der Waals surface area contributed by atoms with Crippen LogP contribution in [-0.2, 0) is 14.3 Å². The minimum Gasteiger partial charge on any atom is -0.449 e. The van der Waals surface area contributed by atoms with E-state index < -0.39 is 29.6 Å². The van der Waals surface area contributed by atoms with Crippen LogP contribution in [-0.4, -0.2) is 23.0 Å². The van der Waals surface area contributed by atoms with E-state index in [0.717, 1.165) is 18.2 Å². The van der Waals surface area contributed by atoms with Gasteiger partial charge in [0, 0.05) is 18.2 Å². The number of anilines is 1. The summed E-state index contributed by atoms with van der Waals surface area (Å²) in [6.45, 7) is 1.32. The number of fused-ring (bicyclic) bond motifs is 1. The van der Waals surface area contributed by atoms with Crippen molar-refractivity contribution in [1.82, 2.24) is 4.98 Å². The Morgan fingerprint density at radius 1 is 1.22 bits per heavy atom. The van der Waals surface area contributed by atoms with Crippen LogP contribution in [0, 0.1) is 11.6 Å². The molecule has 3 aromatic rings. The van der Waals surface area contributed by atoms with Gasteiger partial charge in [0.05, 0.1) is 5.69 Å². The summed E-state index contributed by atoms with van der Waals surface area (Å²) in [5, 5.41) is 2.22. The Labute approximate surface area is 152 Å². The molecule has 27 heavy (non-hydrogen) atoms. The van der Waals surface area contributed by atoms with Crippen LogP contribution in [0.1, 0.15) is 12.8 Å². The zero-order chi connectivity index (χ0) is 19.4. The molecule has 138 valence electrons. The molecular weight excluding hydrogens is 358 g/mol. The first kappa shape index (κ1) is 18.2. The second-order valence-electron chi connectivity index (χ2n) is 5.55. The molecule has 0 saturated carbocycles. The molecule has 1 N–H and O–H groups in total. The van der Waals surface area contributed by atoms with Gasteiger partial charge in [0.25, 0.3) is 5.91 Å². The number of carbonyl (C=O) groups excluding carboxylic acids is 2. The number of aromatic nitrogens is 1. The van der Waals surface area contributed by atoms with Crippen LogP contribution < -0.4 is 5.32 Å². The molecule has 0 aliphatic rings. The number of hydrogen-bond acceptors (Lipinski definition) is 5. The quantitative estimate of drug-likeness (QED) is 0.546. The molecule has 3 rings (SSSR count). The second kappa shape index (κ2) is 7.77. The molecule has 6 nitrogen and oxygen atoms in total. The summed E-state index contributed by atoms with van der Waals surface area (Å²) in [6, 6.07) is 9.79. The van der Waals surface area contributed by atoms with Crippen molar-refractivity contribution in [3.63, 3.8) is 0 Å². The summed E-state index contributed by atoms with van der Waals surface area (Å²) in [7, 11) is 0. The van der Waals surface area contributed by atoms with Gasteiger partial charge in [-0.3, -0.25) is 4.79 Å². The summed E-state index contributed by atoms with van der Waals surface area (Å²) in [5.41, 5.74) is 0.991. The number of hydrogen-bond donors (Lipinski definition) is 1. The van der Waals surface area contributed by atoms with Crippen molar-refractivity contribution >= 4 is 34.7 Å². The van der Waals surface area contributed by atoms with Gasteiger partial charge in [-0.1, -0.05) is 12.1 Å². The third kappa shape index (κ3) is 4.55. The molecule has 0 radical (unpaired) electrons. The van der Waals surface area contributed by atoms with Gasteiger partial charge in [0.1, 0.15) is 17.2 Å². The fraction of sp³-hybridized carbons (Fsp3) is 0.105. The SMILES string of the molecule is CC(OC(=O)/C=C/c1nc2ccccc2o1)C(=O)Nc1ccc(F)cc1F. The van der Waals surface area contributed by atoms with Crippen molar-refractivity contribution in [2.75, 3.05) is 5.32 Å². The van der Waals surface area contributed by atoms with Crippen LogP contribution >= 0.6 is 0 Å². The maximum atomic E-state index is 13.5. The van der Waals surface area contributed by atoms with Crippen LogP contribution in [0.5, 0.6) is 0 Å². The lowest BCUT2D eigenvalue weighted by Crippen LogP contribution is -2.29. The topological polar surface area (TPSA) is 81.4 Å². The van der Waals surface area contributed by atoms with E-state index in [1.807, 2.05) is 0 Å². The molecule has 0 bridgehead atoms. The number of rotatable bonds is 5. The Bertz CT molecular complexity index is 996. The molecule has 8 heteroatoms. The highest BCUT2D eigenvalue weighted by molar-refractivity contribution is 5.96. The number of nitrogens with zero attached hydrogens (tertiary/aromatic N) is 1. The molecule has 2 aromatic carbocycles. The van der Waals surface area contributed by atoms with Crippen molar-refractivity contribution in [1.29, 1.82) is 0 Å². The number of para-hydroxylation sites is 2. The lowest BCUT2D eigenvalue weighted by Gasteiger charge is -2.12. The van der Waals surface area contributed by atoms with E-state index in [-0.39, 0.29) is 11.6 Å². The molecule has 1 amide bonds. The van der Waals surface area contributed by atoms with Gasteiger partial charge in [-0.25, -0.2) is 18.6 Å². The number of esters is 1. The van der Waals surface area contributed by atoms with Crippen molar-refractivity contribution in [3.05, 3.63) is 66.1 Å². The van der Waals surface area contributed by atoms with Gasteiger partial charge >= 0.3 is 5.97 Å². The van der Waals surface area contributed by atoms with Crippen LogP contribution in [0.15, 0.2) is 53.0 Å². The molecule has 0 fully saturated rings. The van der Waals surface area contributed by atoms with Gasteiger partial charge in [0.2, 0.25) is 5.89 Å². The predicted molar refractivity (Wildman–Crippen MR) is 93.6 cm³/mol. The highest BCUT2D eigenvalue weighted by atomic mass is 19.1. The van der Waals surface area contributed by atoms with Gasteiger partial charge in [-0.15, -0.1) is 0 Å². The van der Waals surface area contributed by atoms with Crippen molar-refractivity contribution < 1.29 is 27.5 Å². The fourth-order valence-electron chi connectivity index (χ4n) is 2.19. The first-order chi connectivity index (χ1) is 12.9. The van der Waals surface area contributed by atoms with Crippen LogP contribution in [0.2, 0.25) is 0 Å². The summed E-state index contributed by atoms with van der Waals surface area (Å²) in [5.74, 6) is -3.06. The van der Waals surface area contributed by atoms with E-state index in [0.29, 0.717) is 17.2 Å². The van der Waals surface area contributed by atoms with Crippen molar-refractivity contribution in [2.24, 2.45) is 0 Å². The number of amides is 1. The Kier molecular flexibility index (Phi) is 5.25. The van der Waals surface area contributed by atoms with E-state index in [1.54, 1.807) is 24.3 Å². The standard InChI is InChI=1S/C19H14F2N2O4/c1-11(19(25)23-14-7-6-12(20)10-13(14)21)26-18(24)9-8-17-22-15-4-2-3-5-16(15)27-17/h2-11H,1H3,(H,23,25)/b9-8+. The van der Waals surface area contributed by atoms with E-state index in [9.17, 15) is 18.4 Å². The number of nitrogens with one attached hydrogen (secondary N) is 1. The lowest BCUT2D eigenvalue weighted by atomic mass is 10.2. The third-order valence-corrected chi connectivity index (χ3v) is 3.52. The molecular formula is C19H14F2N2O4. The average molecular weight is 372 g/mol. The third-order valence-electron chi connectivity index (χ3n) is 3.52. The van der Waals surface area contributed by atoms with E-state index in [4.69, 9.17) is 9.15 Å². The Balaban J connectivity index is 1.58. The molecule has 1 unspecified atom stereocenters. The molecule has 0 aliphatic heterocycles. The van der Waals surface area contributed by atoms with Crippen LogP contribution in [0.3, 0.4) is 0 Å². The van der Waals surface area contributed by atoms with Gasteiger partial charge in [-0.05, 0) is 31.2 Å². The largest absolute Gasteiger partial charge is 0.449 e. The second-order valence-corrected chi connectivity index (χ2v) is 5.55. The highest BCUT2D eigenvalue weighted by Crippen LogP contribution is 2.16. The predicted octanol–water partition coefficient (Wildman–Crippen LogP) is 3.69. The highest BCUT2D eigenvalue weighted by Gasteiger charge is 2.18. The van der Waals surface area contributed by atoms with Crippen molar-refractivity contribution in [3.8, 4) is 0 Å². The monoisotopic (exact) mass is 372 g/mol. The zero-order valence-electron chi connectivity index (χ0n) is 14.1. The Morgan fingerprint density at radius 2 is 2.00 bits per heavy atom. The number of halogens is 2. The molecule has 0 aliphatic carbocycles. The van der Waals surface area contributed by atoms with E-state index >= 15 is 0 Å².